The van der Waals surface area contributed by atoms with Gasteiger partial charge in [0.2, 0.25) is 0 Å². The van der Waals surface area contributed by atoms with Gasteiger partial charge in [-0.3, -0.25) is 9.59 Å². The smallest absolute Gasteiger partial charge is 0.146 e. The van der Waals surface area contributed by atoms with Crippen molar-refractivity contribution in [2.24, 2.45) is 5.73 Å². The fourth-order valence-electron chi connectivity index (χ4n) is 0.453. The number of rotatable bonds is 3. The Bertz CT molecular complexity index is 131. The highest BCUT2D eigenvalue weighted by Crippen LogP contribution is 1.89. The molecule has 0 aliphatic rings. The summed E-state index contributed by atoms with van der Waals surface area (Å²) in [6, 6.07) is -0.595. The minimum absolute atomic E-state index is 0.0438. The van der Waals surface area contributed by atoms with Gasteiger partial charge >= 0.3 is 0 Å². The van der Waals surface area contributed by atoms with Crippen LogP contribution in [-0.2, 0) is 9.59 Å². The van der Waals surface area contributed by atoms with Crippen molar-refractivity contribution in [1.29, 1.82) is 0 Å². The molecule has 3 heteroatoms. The second-order valence-corrected chi connectivity index (χ2v) is 2.12. The third-order valence-corrected chi connectivity index (χ3v) is 1.03. The van der Waals surface area contributed by atoms with Crippen molar-refractivity contribution in [2.75, 3.05) is 0 Å². The highest BCUT2D eigenvalue weighted by Gasteiger charge is 2.09. The van der Waals surface area contributed by atoms with E-state index < -0.39 is 6.04 Å². The molecule has 0 spiro atoms. The maximum absolute atomic E-state index is 10.4. The maximum atomic E-state index is 10.4. The molecule has 1 atom stereocenters. The van der Waals surface area contributed by atoms with Crippen molar-refractivity contribution in [2.45, 2.75) is 26.3 Å². The van der Waals surface area contributed by atoms with Crippen LogP contribution in [0.25, 0.3) is 0 Å². The standard InChI is InChI=1S/C6H11NO2/c1-4(8)3-6(7)5(2)9/h6H,3,7H2,1-2H3/t6-/m0/s1. The maximum Gasteiger partial charge on any atom is 0.146 e. The Balaban J connectivity index is 3.63. The average Bonchev–Trinajstić information content (AvgIpc) is 1.63. The molecular weight excluding hydrogens is 118 g/mol. The van der Waals surface area contributed by atoms with E-state index in [2.05, 4.69) is 0 Å². The molecule has 2 N–H and O–H groups in total. The Hall–Kier alpha value is -0.700. The van der Waals surface area contributed by atoms with Crippen molar-refractivity contribution < 1.29 is 9.59 Å². The minimum Gasteiger partial charge on any atom is -0.321 e. The van der Waals surface area contributed by atoms with Gasteiger partial charge in [0, 0.05) is 6.42 Å². The van der Waals surface area contributed by atoms with Gasteiger partial charge in [-0.1, -0.05) is 0 Å². The molecule has 0 heterocycles. The predicted octanol–water partition coefficient (Wildman–Crippen LogP) is -0.118. The minimum atomic E-state index is -0.595. The SMILES string of the molecule is CC(=O)C[C@H](N)C(C)=O. The van der Waals surface area contributed by atoms with Gasteiger partial charge in [-0.15, -0.1) is 0 Å². The number of Topliss-reactive ketones (excluding diaryl/α,β-unsaturated/α-hetero) is 2. The first kappa shape index (κ1) is 8.30. The first-order valence-electron chi connectivity index (χ1n) is 2.79. The van der Waals surface area contributed by atoms with Gasteiger partial charge < -0.3 is 5.73 Å². The number of carbonyl (C=O) groups excluding carboxylic acids is 2. The van der Waals surface area contributed by atoms with Crippen molar-refractivity contribution >= 4 is 11.6 Å². The van der Waals surface area contributed by atoms with Crippen LogP contribution in [0.4, 0.5) is 0 Å². The van der Waals surface area contributed by atoms with Crippen molar-refractivity contribution in [1.82, 2.24) is 0 Å². The monoisotopic (exact) mass is 129 g/mol. The van der Waals surface area contributed by atoms with E-state index in [1.54, 1.807) is 0 Å². The lowest BCUT2D eigenvalue weighted by molar-refractivity contribution is -0.123. The van der Waals surface area contributed by atoms with Crippen molar-refractivity contribution in [3.05, 3.63) is 0 Å². The van der Waals surface area contributed by atoms with Gasteiger partial charge in [-0.2, -0.15) is 0 Å². The fraction of sp³-hybridized carbons (Fsp3) is 0.667. The molecule has 0 rings (SSSR count). The summed E-state index contributed by atoms with van der Waals surface area (Å²) < 4.78 is 0. The van der Waals surface area contributed by atoms with Crippen LogP contribution in [0.15, 0.2) is 0 Å². The Labute approximate surface area is 54.2 Å². The Morgan fingerprint density at radius 2 is 1.89 bits per heavy atom. The van der Waals surface area contributed by atoms with Gasteiger partial charge in [-0.05, 0) is 13.8 Å². The Morgan fingerprint density at radius 1 is 1.44 bits per heavy atom. The highest BCUT2D eigenvalue weighted by atomic mass is 16.1. The second kappa shape index (κ2) is 3.35. The largest absolute Gasteiger partial charge is 0.321 e. The number of ketones is 2. The Kier molecular flexibility index (Phi) is 3.09. The summed E-state index contributed by atoms with van der Waals surface area (Å²) in [4.78, 5) is 20.7. The van der Waals surface area contributed by atoms with E-state index in [1.165, 1.54) is 13.8 Å². The average molecular weight is 129 g/mol. The summed E-state index contributed by atoms with van der Waals surface area (Å²) in [5, 5.41) is 0. The van der Waals surface area contributed by atoms with Crippen molar-refractivity contribution in [3.63, 3.8) is 0 Å². The van der Waals surface area contributed by atoms with Gasteiger partial charge in [0.05, 0.1) is 6.04 Å². The second-order valence-electron chi connectivity index (χ2n) is 2.12. The Morgan fingerprint density at radius 3 is 2.00 bits per heavy atom. The molecule has 0 bridgehead atoms. The zero-order valence-electron chi connectivity index (χ0n) is 5.68. The molecule has 9 heavy (non-hydrogen) atoms. The van der Waals surface area contributed by atoms with Crippen LogP contribution in [0.5, 0.6) is 0 Å². The zero-order valence-corrected chi connectivity index (χ0v) is 5.68. The van der Waals surface area contributed by atoms with E-state index in [4.69, 9.17) is 5.73 Å². The number of hydrogen-bond donors (Lipinski definition) is 1. The number of carbonyl (C=O) groups is 2. The molecular formula is C6H11NO2. The molecule has 0 aromatic carbocycles. The summed E-state index contributed by atoms with van der Waals surface area (Å²) in [7, 11) is 0. The van der Waals surface area contributed by atoms with Crippen LogP contribution in [0.2, 0.25) is 0 Å². The van der Waals surface area contributed by atoms with E-state index in [1.807, 2.05) is 0 Å². The van der Waals surface area contributed by atoms with Crippen LogP contribution in [-0.4, -0.2) is 17.6 Å². The molecule has 3 nitrogen and oxygen atoms in total. The molecule has 0 radical (unpaired) electrons. The van der Waals surface area contributed by atoms with E-state index >= 15 is 0 Å². The van der Waals surface area contributed by atoms with Gasteiger partial charge in [0.25, 0.3) is 0 Å². The van der Waals surface area contributed by atoms with Gasteiger partial charge in [-0.25, -0.2) is 0 Å². The summed E-state index contributed by atoms with van der Waals surface area (Å²) in [5.41, 5.74) is 5.25. The van der Waals surface area contributed by atoms with Gasteiger partial charge in [0.1, 0.15) is 11.6 Å². The van der Waals surface area contributed by atoms with Crippen LogP contribution in [0.3, 0.4) is 0 Å². The summed E-state index contributed by atoms with van der Waals surface area (Å²) in [5.74, 6) is -0.178. The molecule has 52 valence electrons. The molecule has 0 saturated carbocycles. The third-order valence-electron chi connectivity index (χ3n) is 1.03. The quantitative estimate of drug-likeness (QED) is 0.578. The van der Waals surface area contributed by atoms with E-state index in [0.29, 0.717) is 0 Å². The molecule has 0 aliphatic carbocycles. The third kappa shape index (κ3) is 3.85. The first-order chi connectivity index (χ1) is 4.04. The normalized spacial score (nSPS) is 12.8. The lowest BCUT2D eigenvalue weighted by Gasteiger charge is -2.01. The van der Waals surface area contributed by atoms with Crippen molar-refractivity contribution in [3.8, 4) is 0 Å². The van der Waals surface area contributed by atoms with Crippen LogP contribution < -0.4 is 5.73 Å². The van der Waals surface area contributed by atoms with E-state index in [-0.39, 0.29) is 18.0 Å². The molecule has 0 fully saturated rings. The van der Waals surface area contributed by atoms with Crippen LogP contribution >= 0.6 is 0 Å². The lowest BCUT2D eigenvalue weighted by Crippen LogP contribution is -2.30. The van der Waals surface area contributed by atoms with E-state index in [9.17, 15) is 9.59 Å². The fourth-order valence-corrected chi connectivity index (χ4v) is 0.453. The molecule has 0 amide bonds. The highest BCUT2D eigenvalue weighted by molar-refractivity contribution is 5.87. The van der Waals surface area contributed by atoms with Crippen LogP contribution in [0, 0.1) is 0 Å². The van der Waals surface area contributed by atoms with Gasteiger partial charge in [0.15, 0.2) is 0 Å². The summed E-state index contributed by atoms with van der Waals surface area (Å²) in [6.45, 7) is 2.80. The lowest BCUT2D eigenvalue weighted by atomic mass is 10.1. The van der Waals surface area contributed by atoms with E-state index in [0.717, 1.165) is 0 Å². The molecule has 0 unspecified atom stereocenters. The first-order valence-corrected chi connectivity index (χ1v) is 2.79. The van der Waals surface area contributed by atoms with Crippen LogP contribution in [0.1, 0.15) is 20.3 Å². The number of nitrogens with two attached hydrogens (primary N) is 1. The summed E-state index contributed by atoms with van der Waals surface area (Å²) in [6.07, 6.45) is 0.162. The topological polar surface area (TPSA) is 60.2 Å². The molecule has 0 aromatic rings. The number of hydrogen-bond acceptors (Lipinski definition) is 3. The molecule has 0 aromatic heterocycles. The molecule has 0 aliphatic heterocycles. The predicted molar refractivity (Wildman–Crippen MR) is 34.0 cm³/mol. The zero-order chi connectivity index (χ0) is 7.44. The summed E-state index contributed by atoms with van der Waals surface area (Å²) >= 11 is 0. The molecule has 0 saturated heterocycles.